The first-order valence-electron chi connectivity index (χ1n) is 4.70. The fraction of sp³-hybridized carbons (Fsp3) is 0.182. The Hall–Kier alpha value is -0.310. The molecule has 2 N–H and O–H groups in total. The summed E-state index contributed by atoms with van der Waals surface area (Å²) in [6.45, 7) is 2.06. The van der Waals surface area contributed by atoms with E-state index < -0.39 is 5.97 Å². The van der Waals surface area contributed by atoms with Crippen LogP contribution in [0, 0.1) is 7.14 Å². The van der Waals surface area contributed by atoms with Crippen LogP contribution in [0.25, 0.3) is 0 Å². The molecule has 1 rings (SSSR count). The number of allylic oxidation sites excluding steroid dienone is 1. The van der Waals surface area contributed by atoms with Gasteiger partial charge in [-0.25, -0.2) is 4.79 Å². The molecule has 3 nitrogen and oxygen atoms in total. The Morgan fingerprint density at radius 3 is 2.44 bits per heavy atom. The molecule has 0 fully saturated rings. The fourth-order valence-corrected chi connectivity index (χ4v) is 3.17. The van der Waals surface area contributed by atoms with Gasteiger partial charge in [-0.05, 0) is 69.9 Å². The zero-order valence-electron chi connectivity index (χ0n) is 8.63. The number of nitrogens with one attached hydrogen (secondary N) is 1. The van der Waals surface area contributed by atoms with Crippen molar-refractivity contribution in [3.63, 3.8) is 0 Å². The number of hydrogen-bond acceptors (Lipinski definition) is 2. The smallest absolute Gasteiger partial charge is 0.335 e. The van der Waals surface area contributed by atoms with Crippen LogP contribution in [0.5, 0.6) is 0 Å². The van der Waals surface area contributed by atoms with Gasteiger partial charge in [-0.15, -0.1) is 0 Å². The maximum Gasteiger partial charge on any atom is 0.335 e. The summed E-state index contributed by atoms with van der Waals surface area (Å²) >= 11 is 4.26. The number of benzene rings is 1. The van der Waals surface area contributed by atoms with Gasteiger partial charge < -0.3 is 10.4 Å². The van der Waals surface area contributed by atoms with Crippen molar-refractivity contribution in [1.29, 1.82) is 0 Å². The van der Waals surface area contributed by atoms with Gasteiger partial charge in [0.1, 0.15) is 0 Å². The summed E-state index contributed by atoms with van der Waals surface area (Å²) in [7, 11) is 0. The molecule has 0 saturated heterocycles. The minimum atomic E-state index is -0.897. The van der Waals surface area contributed by atoms with Crippen molar-refractivity contribution in [1.82, 2.24) is 0 Å². The molecule has 0 unspecified atom stereocenters. The molecular formula is C11H11I2NO2. The summed E-state index contributed by atoms with van der Waals surface area (Å²) in [6, 6.07) is 3.32. The van der Waals surface area contributed by atoms with Crippen LogP contribution in [-0.4, -0.2) is 11.1 Å². The number of halogens is 2. The van der Waals surface area contributed by atoms with Crippen molar-refractivity contribution < 1.29 is 9.90 Å². The van der Waals surface area contributed by atoms with Crippen LogP contribution in [0.2, 0.25) is 0 Å². The van der Waals surface area contributed by atoms with Crippen LogP contribution in [0.1, 0.15) is 23.7 Å². The fourth-order valence-electron chi connectivity index (χ4n) is 1.09. The molecule has 0 aliphatic heterocycles. The minimum Gasteiger partial charge on any atom is -0.478 e. The number of rotatable bonds is 4. The highest BCUT2D eigenvalue weighted by Crippen LogP contribution is 2.26. The van der Waals surface area contributed by atoms with E-state index >= 15 is 0 Å². The summed E-state index contributed by atoms with van der Waals surface area (Å²) in [5.74, 6) is -0.897. The number of anilines is 1. The molecule has 0 saturated carbocycles. The third-order valence-corrected chi connectivity index (χ3v) is 3.57. The summed E-state index contributed by atoms with van der Waals surface area (Å²) in [5.41, 5.74) is 1.27. The molecule has 0 radical (unpaired) electrons. The molecule has 0 heterocycles. The second kappa shape index (κ2) is 6.43. The number of hydrogen-bond donors (Lipinski definition) is 2. The van der Waals surface area contributed by atoms with Gasteiger partial charge in [-0.2, -0.15) is 0 Å². The number of carboxylic acid groups (broad SMARTS) is 1. The third kappa shape index (κ3) is 3.62. The first-order chi connectivity index (χ1) is 7.56. The van der Waals surface area contributed by atoms with E-state index in [9.17, 15) is 4.79 Å². The van der Waals surface area contributed by atoms with Gasteiger partial charge in [0, 0.05) is 7.14 Å². The molecule has 16 heavy (non-hydrogen) atoms. The second-order valence-electron chi connectivity index (χ2n) is 3.07. The Balaban J connectivity index is 3.03. The lowest BCUT2D eigenvalue weighted by Crippen LogP contribution is -2.01. The molecule has 0 aliphatic carbocycles. The van der Waals surface area contributed by atoms with Gasteiger partial charge in [0.05, 0.1) is 11.3 Å². The Bertz CT molecular complexity index is 407. The van der Waals surface area contributed by atoms with Gasteiger partial charge in [0.15, 0.2) is 0 Å². The number of carboxylic acids is 1. The predicted molar refractivity (Wildman–Crippen MR) is 81.9 cm³/mol. The largest absolute Gasteiger partial charge is 0.478 e. The maximum atomic E-state index is 10.8. The predicted octanol–water partition coefficient (Wildman–Crippen LogP) is 3.93. The van der Waals surface area contributed by atoms with Crippen LogP contribution < -0.4 is 5.32 Å². The van der Waals surface area contributed by atoms with E-state index in [0.717, 1.165) is 19.2 Å². The van der Waals surface area contributed by atoms with Gasteiger partial charge in [0.2, 0.25) is 0 Å². The topological polar surface area (TPSA) is 49.3 Å². The van der Waals surface area contributed by atoms with E-state index in [1.54, 1.807) is 12.1 Å². The van der Waals surface area contributed by atoms with E-state index in [1.165, 1.54) is 0 Å². The minimum absolute atomic E-state index is 0.318. The molecule has 0 aromatic heterocycles. The summed E-state index contributed by atoms with van der Waals surface area (Å²) < 4.78 is 1.81. The monoisotopic (exact) mass is 443 g/mol. The second-order valence-corrected chi connectivity index (χ2v) is 5.40. The molecule has 0 bridgehead atoms. The average Bonchev–Trinajstić information content (AvgIpc) is 2.21. The highest BCUT2D eigenvalue weighted by Gasteiger charge is 2.10. The molecule has 0 amide bonds. The van der Waals surface area contributed by atoms with Gasteiger partial charge in [-0.3, -0.25) is 0 Å². The van der Waals surface area contributed by atoms with Crippen molar-refractivity contribution in [2.24, 2.45) is 0 Å². The van der Waals surface area contributed by atoms with Crippen LogP contribution in [0.3, 0.4) is 0 Å². The van der Waals surface area contributed by atoms with E-state index in [0.29, 0.717) is 5.56 Å². The lowest BCUT2D eigenvalue weighted by atomic mass is 10.2. The Morgan fingerprint density at radius 2 is 2.00 bits per heavy atom. The van der Waals surface area contributed by atoms with Crippen LogP contribution >= 0.6 is 45.2 Å². The molecule has 1 aromatic rings. The SMILES string of the molecule is CCC=CNc1c(I)cc(C(=O)O)cc1I. The third-order valence-electron chi connectivity index (χ3n) is 1.87. The Morgan fingerprint density at radius 1 is 1.44 bits per heavy atom. The van der Waals surface area contributed by atoms with Crippen molar-refractivity contribution in [2.75, 3.05) is 5.32 Å². The number of aromatic carboxylic acids is 1. The van der Waals surface area contributed by atoms with E-state index in [4.69, 9.17) is 5.11 Å². The first-order valence-corrected chi connectivity index (χ1v) is 6.86. The van der Waals surface area contributed by atoms with Crippen molar-refractivity contribution in [3.05, 3.63) is 37.1 Å². The molecule has 0 atom stereocenters. The zero-order valence-corrected chi connectivity index (χ0v) is 12.9. The van der Waals surface area contributed by atoms with E-state index in [2.05, 4.69) is 57.4 Å². The normalized spacial score (nSPS) is 10.7. The molecule has 86 valence electrons. The van der Waals surface area contributed by atoms with Crippen LogP contribution in [0.4, 0.5) is 5.69 Å². The van der Waals surface area contributed by atoms with Crippen molar-refractivity contribution in [2.45, 2.75) is 13.3 Å². The maximum absolute atomic E-state index is 10.8. The Labute approximate surface area is 122 Å². The van der Waals surface area contributed by atoms with Crippen LogP contribution in [0.15, 0.2) is 24.4 Å². The highest BCUT2D eigenvalue weighted by molar-refractivity contribution is 14.1. The van der Waals surface area contributed by atoms with Crippen molar-refractivity contribution in [3.8, 4) is 0 Å². The summed E-state index contributed by atoms with van der Waals surface area (Å²) in [4.78, 5) is 10.8. The summed E-state index contributed by atoms with van der Waals surface area (Å²) in [6.07, 6.45) is 4.85. The molecule has 0 spiro atoms. The van der Waals surface area contributed by atoms with Crippen molar-refractivity contribution >= 4 is 56.8 Å². The van der Waals surface area contributed by atoms with Gasteiger partial charge in [0.25, 0.3) is 0 Å². The van der Waals surface area contributed by atoms with E-state index in [1.807, 2.05) is 12.3 Å². The molecular weight excluding hydrogens is 432 g/mol. The van der Waals surface area contributed by atoms with Gasteiger partial charge in [-0.1, -0.05) is 13.0 Å². The van der Waals surface area contributed by atoms with Gasteiger partial charge >= 0.3 is 5.97 Å². The zero-order chi connectivity index (χ0) is 12.1. The first kappa shape index (κ1) is 13.8. The lowest BCUT2D eigenvalue weighted by molar-refractivity contribution is 0.0697. The van der Waals surface area contributed by atoms with Crippen LogP contribution in [-0.2, 0) is 0 Å². The highest BCUT2D eigenvalue weighted by atomic mass is 127. The quantitative estimate of drug-likeness (QED) is 0.694. The molecule has 1 aromatic carbocycles. The average molecular weight is 443 g/mol. The summed E-state index contributed by atoms with van der Waals surface area (Å²) in [5, 5.41) is 12.1. The standard InChI is InChI=1S/C11H11I2NO2/c1-2-3-4-14-10-8(12)5-7(11(15)16)6-9(10)13/h3-6,14H,2H2,1H3,(H,15,16). The lowest BCUT2D eigenvalue weighted by Gasteiger charge is -2.08. The Kier molecular flexibility index (Phi) is 5.53. The molecule has 5 heteroatoms. The number of carbonyl (C=O) groups is 1. The molecule has 0 aliphatic rings. The van der Waals surface area contributed by atoms with E-state index in [-0.39, 0.29) is 0 Å².